The summed E-state index contributed by atoms with van der Waals surface area (Å²) in [6.07, 6.45) is 1.25. The molecule has 0 radical (unpaired) electrons. The van der Waals surface area contributed by atoms with Crippen molar-refractivity contribution in [3.05, 3.63) is 0 Å². The zero-order chi connectivity index (χ0) is 15.5. The number of piperidine rings is 1. The van der Waals surface area contributed by atoms with Gasteiger partial charge in [0.15, 0.2) is 0 Å². The predicted octanol–water partition coefficient (Wildman–Crippen LogP) is -0.186. The van der Waals surface area contributed by atoms with E-state index in [9.17, 15) is 8.42 Å². The van der Waals surface area contributed by atoms with Crippen molar-refractivity contribution in [2.45, 2.75) is 45.0 Å². The quantitative estimate of drug-likeness (QED) is 0.759. The van der Waals surface area contributed by atoms with E-state index in [-0.39, 0.29) is 24.9 Å². The number of ether oxygens (including phenoxy) is 2. The topological polar surface area (TPSA) is 79.3 Å². The van der Waals surface area contributed by atoms with Crippen molar-refractivity contribution in [2.75, 3.05) is 39.4 Å². The van der Waals surface area contributed by atoms with E-state index < -0.39 is 10.2 Å². The van der Waals surface area contributed by atoms with E-state index in [0.717, 1.165) is 0 Å². The molecule has 124 valence electrons. The molecule has 2 rings (SSSR count). The summed E-state index contributed by atoms with van der Waals surface area (Å²) in [6.45, 7) is 5.87. The lowest BCUT2D eigenvalue weighted by Gasteiger charge is -2.39. The first kappa shape index (κ1) is 17.1. The first-order valence-electron chi connectivity index (χ1n) is 7.56. The third kappa shape index (κ3) is 4.37. The van der Waals surface area contributed by atoms with Crippen LogP contribution in [0.5, 0.6) is 0 Å². The Hall–Kier alpha value is -0.250. The second-order valence-corrected chi connectivity index (χ2v) is 7.70. The molecule has 0 aliphatic carbocycles. The standard InChI is InChI=1S/C13H26N2O5S/c1-11-9-15(10-12(2)20-11)21(17,18)14-5-3-13(4-6-14)19-8-7-16/h11-13,16H,3-10H2,1-2H3. The van der Waals surface area contributed by atoms with Crippen LogP contribution < -0.4 is 0 Å². The van der Waals surface area contributed by atoms with E-state index in [1.165, 1.54) is 8.61 Å². The fraction of sp³-hybridized carbons (Fsp3) is 1.00. The fourth-order valence-electron chi connectivity index (χ4n) is 2.93. The number of morpholine rings is 1. The van der Waals surface area contributed by atoms with E-state index >= 15 is 0 Å². The van der Waals surface area contributed by atoms with Gasteiger partial charge in [-0.25, -0.2) is 0 Å². The Morgan fingerprint density at radius 1 is 1.14 bits per heavy atom. The Morgan fingerprint density at radius 2 is 1.71 bits per heavy atom. The summed E-state index contributed by atoms with van der Waals surface area (Å²) in [7, 11) is -3.41. The first-order valence-corrected chi connectivity index (χ1v) is 8.96. The van der Waals surface area contributed by atoms with Gasteiger partial charge < -0.3 is 14.6 Å². The molecule has 0 bridgehead atoms. The molecule has 21 heavy (non-hydrogen) atoms. The van der Waals surface area contributed by atoms with Gasteiger partial charge in [-0.15, -0.1) is 0 Å². The van der Waals surface area contributed by atoms with Gasteiger partial charge in [-0.2, -0.15) is 17.0 Å². The molecule has 8 heteroatoms. The van der Waals surface area contributed by atoms with Gasteiger partial charge in [-0.05, 0) is 26.7 Å². The van der Waals surface area contributed by atoms with E-state index in [2.05, 4.69) is 0 Å². The van der Waals surface area contributed by atoms with Crippen molar-refractivity contribution in [1.82, 2.24) is 8.61 Å². The van der Waals surface area contributed by atoms with Gasteiger partial charge in [0, 0.05) is 26.2 Å². The van der Waals surface area contributed by atoms with Gasteiger partial charge >= 0.3 is 0 Å². The van der Waals surface area contributed by atoms with Crippen LogP contribution in [-0.4, -0.2) is 79.8 Å². The smallest absolute Gasteiger partial charge is 0.282 e. The van der Waals surface area contributed by atoms with Gasteiger partial charge in [0.1, 0.15) is 0 Å². The normalized spacial score (nSPS) is 30.6. The van der Waals surface area contributed by atoms with Crippen molar-refractivity contribution in [2.24, 2.45) is 0 Å². The minimum Gasteiger partial charge on any atom is -0.394 e. The van der Waals surface area contributed by atoms with Crippen molar-refractivity contribution in [3.63, 3.8) is 0 Å². The first-order chi connectivity index (χ1) is 9.93. The maximum atomic E-state index is 12.7. The molecular formula is C13H26N2O5S. The average molecular weight is 322 g/mol. The number of hydrogen-bond donors (Lipinski definition) is 1. The van der Waals surface area contributed by atoms with Crippen LogP contribution in [0, 0.1) is 0 Å². The third-order valence-electron chi connectivity index (χ3n) is 3.88. The monoisotopic (exact) mass is 322 g/mol. The number of aliphatic hydroxyl groups excluding tert-OH is 1. The maximum Gasteiger partial charge on any atom is 0.282 e. The van der Waals surface area contributed by atoms with Crippen LogP contribution in [-0.2, 0) is 19.7 Å². The SMILES string of the molecule is CC1CN(S(=O)(=O)N2CCC(OCCO)CC2)CC(C)O1. The van der Waals surface area contributed by atoms with Crippen LogP contribution in [0.15, 0.2) is 0 Å². The molecule has 0 saturated carbocycles. The number of nitrogens with zero attached hydrogens (tertiary/aromatic N) is 2. The summed E-state index contributed by atoms with van der Waals surface area (Å²) in [6, 6.07) is 0. The maximum absolute atomic E-state index is 12.7. The highest BCUT2D eigenvalue weighted by atomic mass is 32.2. The van der Waals surface area contributed by atoms with E-state index in [0.29, 0.717) is 45.6 Å². The summed E-state index contributed by atoms with van der Waals surface area (Å²) < 4.78 is 39.5. The van der Waals surface area contributed by atoms with Crippen LogP contribution in [0.4, 0.5) is 0 Å². The fourth-order valence-corrected chi connectivity index (χ4v) is 4.73. The highest BCUT2D eigenvalue weighted by Gasteiger charge is 2.37. The van der Waals surface area contributed by atoms with Crippen LogP contribution in [0.25, 0.3) is 0 Å². The molecule has 2 unspecified atom stereocenters. The van der Waals surface area contributed by atoms with Crippen LogP contribution >= 0.6 is 0 Å². The highest BCUT2D eigenvalue weighted by Crippen LogP contribution is 2.22. The summed E-state index contributed by atoms with van der Waals surface area (Å²) in [4.78, 5) is 0. The van der Waals surface area contributed by atoms with Crippen molar-refractivity contribution in [1.29, 1.82) is 0 Å². The highest BCUT2D eigenvalue weighted by molar-refractivity contribution is 7.86. The molecule has 7 nitrogen and oxygen atoms in total. The largest absolute Gasteiger partial charge is 0.394 e. The van der Waals surface area contributed by atoms with Crippen LogP contribution in [0.1, 0.15) is 26.7 Å². The van der Waals surface area contributed by atoms with E-state index in [1.807, 2.05) is 13.8 Å². The van der Waals surface area contributed by atoms with Crippen LogP contribution in [0.2, 0.25) is 0 Å². The minimum atomic E-state index is -3.41. The molecule has 1 N–H and O–H groups in total. The predicted molar refractivity (Wildman–Crippen MR) is 78.1 cm³/mol. The second-order valence-electron chi connectivity index (χ2n) is 5.77. The Bertz CT molecular complexity index is 412. The van der Waals surface area contributed by atoms with Crippen molar-refractivity contribution >= 4 is 10.2 Å². The number of rotatable bonds is 5. The van der Waals surface area contributed by atoms with Crippen molar-refractivity contribution in [3.8, 4) is 0 Å². The molecule has 2 atom stereocenters. The molecule has 0 aromatic carbocycles. The van der Waals surface area contributed by atoms with E-state index in [1.54, 1.807) is 0 Å². The van der Waals surface area contributed by atoms with Gasteiger partial charge in [0.05, 0.1) is 31.5 Å². The molecule has 2 aliphatic rings. The Morgan fingerprint density at radius 3 is 2.24 bits per heavy atom. The number of aliphatic hydroxyl groups is 1. The number of hydrogen-bond acceptors (Lipinski definition) is 5. The molecule has 2 fully saturated rings. The Labute approximate surface area is 127 Å². The summed E-state index contributed by atoms with van der Waals surface area (Å²) in [5, 5.41) is 8.75. The van der Waals surface area contributed by atoms with Gasteiger partial charge in [0.2, 0.25) is 0 Å². The molecule has 0 amide bonds. The molecule has 0 aromatic rings. The Balaban J connectivity index is 1.92. The minimum absolute atomic E-state index is 0.00205. The van der Waals surface area contributed by atoms with E-state index in [4.69, 9.17) is 14.6 Å². The zero-order valence-corrected chi connectivity index (χ0v) is 13.6. The second kappa shape index (κ2) is 7.34. The molecule has 2 aliphatic heterocycles. The summed E-state index contributed by atoms with van der Waals surface area (Å²) in [5.41, 5.74) is 0. The zero-order valence-electron chi connectivity index (χ0n) is 12.8. The van der Waals surface area contributed by atoms with Gasteiger partial charge in [-0.1, -0.05) is 0 Å². The molecule has 2 saturated heterocycles. The van der Waals surface area contributed by atoms with Crippen LogP contribution in [0.3, 0.4) is 0 Å². The summed E-state index contributed by atoms with van der Waals surface area (Å²) in [5.74, 6) is 0. The van der Waals surface area contributed by atoms with Gasteiger partial charge in [0.25, 0.3) is 10.2 Å². The molecule has 0 spiro atoms. The average Bonchev–Trinajstić information content (AvgIpc) is 2.44. The lowest BCUT2D eigenvalue weighted by atomic mass is 10.1. The molecule has 0 aromatic heterocycles. The molecular weight excluding hydrogens is 296 g/mol. The lowest BCUT2D eigenvalue weighted by Crippen LogP contribution is -2.54. The van der Waals surface area contributed by atoms with Gasteiger partial charge in [-0.3, -0.25) is 0 Å². The Kier molecular flexibility index (Phi) is 5.98. The third-order valence-corrected chi connectivity index (χ3v) is 5.85. The van der Waals surface area contributed by atoms with Crippen molar-refractivity contribution < 1.29 is 23.0 Å². The molecule has 2 heterocycles. The lowest BCUT2D eigenvalue weighted by molar-refractivity contribution is -0.0464. The summed E-state index contributed by atoms with van der Waals surface area (Å²) >= 11 is 0.